The number of fused-ring (bicyclic) bond motifs is 1. The smallest absolute Gasteiger partial charge is 0.406 e. The number of alkyl halides is 2. The zero-order valence-corrected chi connectivity index (χ0v) is 16.7. The molecule has 2 aromatic heterocycles. The number of nitrogens with zero attached hydrogens (tertiary/aromatic N) is 3. The molecular weight excluding hydrogens is 416 g/mol. The van der Waals surface area contributed by atoms with E-state index in [1.165, 1.54) is 38.6 Å². The summed E-state index contributed by atoms with van der Waals surface area (Å²) in [6.07, 6.45) is 1.44. The van der Waals surface area contributed by atoms with Gasteiger partial charge in [-0.15, -0.1) is 4.73 Å². The number of hydrogen-bond acceptors (Lipinski definition) is 6. The number of ether oxygens (including phenoxy) is 2. The Morgan fingerprint density at radius 3 is 2.68 bits per heavy atom. The zero-order chi connectivity index (χ0) is 20.4. The van der Waals surface area contributed by atoms with E-state index in [2.05, 4.69) is 14.8 Å². The van der Waals surface area contributed by atoms with E-state index in [0.717, 1.165) is 4.73 Å². The van der Waals surface area contributed by atoms with E-state index in [1.807, 2.05) is 0 Å². The average Bonchev–Trinajstić information content (AvgIpc) is 3.00. The lowest BCUT2D eigenvalue weighted by atomic mass is 10.2. The third kappa shape index (κ3) is 3.94. The summed E-state index contributed by atoms with van der Waals surface area (Å²) in [6, 6.07) is 4.44. The van der Waals surface area contributed by atoms with Crippen LogP contribution in [0.15, 0.2) is 29.6 Å². The van der Waals surface area contributed by atoms with Gasteiger partial charge >= 0.3 is 11.8 Å². The second kappa shape index (κ2) is 8.38. The predicted molar refractivity (Wildman–Crippen MR) is 99.5 cm³/mol. The molecule has 0 saturated carbocycles. The molecule has 0 N–H and O–H groups in total. The SMILES string of the molecule is COc1cnc(C[S+]([O-])c2nc3cc(Cl)ccc3n2OC(F)F)c(C)c1OC. The van der Waals surface area contributed by atoms with Gasteiger partial charge in [0.15, 0.2) is 17.3 Å². The summed E-state index contributed by atoms with van der Waals surface area (Å²) in [5.41, 5.74) is 1.58. The summed E-state index contributed by atoms with van der Waals surface area (Å²) in [5.74, 6) is 0.793. The Balaban J connectivity index is 2.01. The van der Waals surface area contributed by atoms with Gasteiger partial charge in [-0.2, -0.15) is 13.8 Å². The molecule has 0 radical (unpaired) electrons. The van der Waals surface area contributed by atoms with Crippen LogP contribution in [0, 0.1) is 6.92 Å². The molecule has 3 aromatic rings. The molecule has 2 heterocycles. The van der Waals surface area contributed by atoms with Crippen molar-refractivity contribution < 1.29 is 27.6 Å². The van der Waals surface area contributed by atoms with Gasteiger partial charge in [0.2, 0.25) is 0 Å². The van der Waals surface area contributed by atoms with Crippen molar-refractivity contribution in [1.29, 1.82) is 0 Å². The predicted octanol–water partition coefficient (Wildman–Crippen LogP) is 3.37. The Kier molecular flexibility index (Phi) is 6.11. The van der Waals surface area contributed by atoms with Crippen LogP contribution in [-0.2, 0) is 16.9 Å². The van der Waals surface area contributed by atoms with Crippen LogP contribution in [0.2, 0.25) is 5.02 Å². The van der Waals surface area contributed by atoms with E-state index in [4.69, 9.17) is 21.1 Å². The van der Waals surface area contributed by atoms with Crippen LogP contribution in [0.5, 0.6) is 11.5 Å². The molecule has 0 amide bonds. The van der Waals surface area contributed by atoms with Crippen molar-refractivity contribution in [3.05, 3.63) is 40.7 Å². The van der Waals surface area contributed by atoms with Crippen LogP contribution in [0.25, 0.3) is 11.0 Å². The van der Waals surface area contributed by atoms with E-state index >= 15 is 0 Å². The maximum Gasteiger partial charge on any atom is 0.406 e. The largest absolute Gasteiger partial charge is 0.609 e. The van der Waals surface area contributed by atoms with Gasteiger partial charge in [0, 0.05) is 21.8 Å². The highest BCUT2D eigenvalue weighted by atomic mass is 35.5. The normalized spacial score (nSPS) is 12.4. The van der Waals surface area contributed by atoms with Crippen molar-refractivity contribution in [2.75, 3.05) is 14.2 Å². The van der Waals surface area contributed by atoms with Gasteiger partial charge in [0.05, 0.1) is 31.6 Å². The molecule has 11 heteroatoms. The molecule has 0 spiro atoms. The van der Waals surface area contributed by atoms with Gasteiger partial charge in [0.25, 0.3) is 0 Å². The van der Waals surface area contributed by atoms with Crippen LogP contribution in [0.1, 0.15) is 11.3 Å². The molecule has 150 valence electrons. The quantitative estimate of drug-likeness (QED) is 0.533. The lowest BCUT2D eigenvalue weighted by Gasteiger charge is -2.15. The van der Waals surface area contributed by atoms with Crippen LogP contribution in [0.4, 0.5) is 8.78 Å². The lowest BCUT2D eigenvalue weighted by molar-refractivity contribution is -0.136. The Morgan fingerprint density at radius 1 is 1.29 bits per heavy atom. The van der Waals surface area contributed by atoms with Gasteiger partial charge in [-0.1, -0.05) is 11.6 Å². The van der Waals surface area contributed by atoms with Crippen molar-refractivity contribution >= 4 is 33.8 Å². The van der Waals surface area contributed by atoms with Crippen molar-refractivity contribution in [3.8, 4) is 11.5 Å². The minimum absolute atomic E-state index is 0.0875. The maximum atomic E-state index is 12.9. The standard InChI is InChI=1S/C17H16ClF2N3O4S/c1-9-12(21-7-14(25-2)15(9)26-3)8-28(24)17-22-11-6-10(18)4-5-13(11)23(17)27-16(19)20/h4-7,16H,8H2,1-3H3. The number of pyridine rings is 1. The third-order valence-corrected chi connectivity index (χ3v) is 5.40. The number of benzene rings is 1. The van der Waals surface area contributed by atoms with Gasteiger partial charge < -0.3 is 18.9 Å². The molecule has 1 unspecified atom stereocenters. The highest BCUT2D eigenvalue weighted by Gasteiger charge is 2.28. The fourth-order valence-electron chi connectivity index (χ4n) is 2.68. The molecule has 1 atom stereocenters. The average molecular weight is 432 g/mol. The monoisotopic (exact) mass is 431 g/mol. The maximum absolute atomic E-state index is 12.9. The number of halogens is 3. The molecule has 0 saturated heterocycles. The Morgan fingerprint density at radius 2 is 2.04 bits per heavy atom. The minimum atomic E-state index is -3.12. The fraction of sp³-hybridized carbons (Fsp3) is 0.294. The second-order valence-corrected chi connectivity index (χ2v) is 7.39. The molecule has 1 aromatic carbocycles. The number of methoxy groups -OCH3 is 2. The summed E-state index contributed by atoms with van der Waals surface area (Å²) >= 11 is 4.09. The number of imidazole rings is 1. The third-order valence-electron chi connectivity index (χ3n) is 3.96. The summed E-state index contributed by atoms with van der Waals surface area (Å²) < 4.78 is 50.0. The first-order chi connectivity index (χ1) is 13.3. The van der Waals surface area contributed by atoms with Crippen molar-refractivity contribution in [1.82, 2.24) is 14.7 Å². The molecule has 0 aliphatic rings. The Labute approximate surface area is 167 Å². The van der Waals surface area contributed by atoms with Gasteiger partial charge in [-0.25, -0.2) is 0 Å². The van der Waals surface area contributed by atoms with Gasteiger partial charge in [-0.05, 0) is 25.1 Å². The van der Waals surface area contributed by atoms with E-state index in [9.17, 15) is 13.3 Å². The molecule has 28 heavy (non-hydrogen) atoms. The molecule has 0 fully saturated rings. The van der Waals surface area contributed by atoms with Crippen LogP contribution >= 0.6 is 11.6 Å². The topological polar surface area (TPSA) is 81.5 Å². The highest BCUT2D eigenvalue weighted by Crippen LogP contribution is 2.33. The van der Waals surface area contributed by atoms with Crippen LogP contribution in [-0.4, -0.2) is 40.1 Å². The summed E-state index contributed by atoms with van der Waals surface area (Å²) in [6.45, 7) is -1.39. The first-order valence-electron chi connectivity index (χ1n) is 7.93. The van der Waals surface area contributed by atoms with E-state index in [1.54, 1.807) is 6.92 Å². The van der Waals surface area contributed by atoms with Crippen molar-refractivity contribution in [2.45, 2.75) is 24.4 Å². The molecule has 0 aliphatic heterocycles. The first kappa shape index (κ1) is 20.4. The minimum Gasteiger partial charge on any atom is -0.609 e. The Bertz CT molecular complexity index is 1000. The number of hydrogen-bond donors (Lipinski definition) is 0. The van der Waals surface area contributed by atoms with Gasteiger partial charge in [-0.3, -0.25) is 4.98 Å². The summed E-state index contributed by atoms with van der Waals surface area (Å²) in [4.78, 5) is 12.9. The van der Waals surface area contributed by atoms with E-state index in [0.29, 0.717) is 27.8 Å². The number of rotatable bonds is 7. The van der Waals surface area contributed by atoms with Crippen LogP contribution < -0.4 is 14.3 Å². The molecule has 0 aliphatic carbocycles. The molecule has 0 bridgehead atoms. The second-order valence-electron chi connectivity index (χ2n) is 5.61. The molecular formula is C17H16ClF2N3O4S. The highest BCUT2D eigenvalue weighted by molar-refractivity contribution is 7.90. The van der Waals surface area contributed by atoms with Crippen LogP contribution in [0.3, 0.4) is 0 Å². The van der Waals surface area contributed by atoms with E-state index in [-0.39, 0.29) is 21.9 Å². The summed E-state index contributed by atoms with van der Waals surface area (Å²) in [7, 11) is 2.96. The van der Waals surface area contributed by atoms with E-state index < -0.39 is 17.8 Å². The summed E-state index contributed by atoms with van der Waals surface area (Å²) in [5, 5.41) is 0.192. The Hall–Kier alpha value is -2.30. The lowest BCUT2D eigenvalue weighted by Crippen LogP contribution is -2.22. The van der Waals surface area contributed by atoms with Crippen molar-refractivity contribution in [2.24, 2.45) is 0 Å². The van der Waals surface area contributed by atoms with Gasteiger partial charge in [0.1, 0.15) is 5.52 Å². The zero-order valence-electron chi connectivity index (χ0n) is 15.1. The molecule has 7 nitrogen and oxygen atoms in total. The number of aromatic nitrogens is 3. The molecule has 3 rings (SSSR count). The van der Waals surface area contributed by atoms with Crippen molar-refractivity contribution in [3.63, 3.8) is 0 Å². The fourth-order valence-corrected chi connectivity index (χ4v) is 4.04. The first-order valence-corrected chi connectivity index (χ1v) is 9.63.